The van der Waals surface area contributed by atoms with Crippen LogP contribution in [0.2, 0.25) is 0 Å². The van der Waals surface area contributed by atoms with Gasteiger partial charge < -0.3 is 19.1 Å². The summed E-state index contributed by atoms with van der Waals surface area (Å²) >= 11 is 0. The van der Waals surface area contributed by atoms with Crippen molar-refractivity contribution >= 4 is 28.9 Å². The Hall–Kier alpha value is -5.15. The molecule has 1 aliphatic carbocycles. The number of ether oxygens (including phenoxy) is 2. The van der Waals surface area contributed by atoms with Crippen LogP contribution in [0.15, 0.2) is 91.5 Å². The van der Waals surface area contributed by atoms with Crippen LogP contribution in [0.1, 0.15) is 65.1 Å². The Morgan fingerprint density at radius 2 is 1.28 bits per heavy atom. The first-order valence-electron chi connectivity index (χ1n) is 17.3. The van der Waals surface area contributed by atoms with Crippen LogP contribution in [0.4, 0.5) is 17.1 Å². The number of amides is 2. The molecule has 1 fully saturated rings. The number of fused-ring (bicyclic) bond motifs is 3. The molecule has 2 amide bonds. The number of pyridine rings is 2. The second kappa shape index (κ2) is 13.6. The van der Waals surface area contributed by atoms with E-state index in [4.69, 9.17) is 14.6 Å². The summed E-state index contributed by atoms with van der Waals surface area (Å²) in [5.74, 6) is 1.69. The lowest BCUT2D eigenvalue weighted by Crippen LogP contribution is -2.65. The molecule has 1 aromatic heterocycles. The van der Waals surface area contributed by atoms with E-state index in [0.717, 1.165) is 63.5 Å². The number of methoxy groups -OCH3 is 2. The van der Waals surface area contributed by atoms with Gasteiger partial charge in [-0.25, -0.2) is 0 Å². The molecule has 1 saturated heterocycles. The van der Waals surface area contributed by atoms with Gasteiger partial charge in [-0.1, -0.05) is 27.7 Å². The van der Waals surface area contributed by atoms with Crippen LogP contribution >= 0.6 is 0 Å². The minimum atomic E-state index is -0.691. The number of anilines is 3. The Labute approximate surface area is 294 Å². The van der Waals surface area contributed by atoms with Gasteiger partial charge in [-0.05, 0) is 104 Å². The van der Waals surface area contributed by atoms with Gasteiger partial charge in [0.25, 0.3) is 0 Å². The number of benzene rings is 2. The molecule has 4 aliphatic rings. The highest BCUT2D eigenvalue weighted by molar-refractivity contribution is 6.21. The van der Waals surface area contributed by atoms with E-state index in [2.05, 4.69) is 55.7 Å². The van der Waals surface area contributed by atoms with E-state index in [9.17, 15) is 9.59 Å². The molecular weight excluding hydrogens is 628 g/mol. The van der Waals surface area contributed by atoms with Crippen LogP contribution in [-0.2, 0) is 15.0 Å². The Morgan fingerprint density at radius 1 is 0.720 bits per heavy atom. The van der Waals surface area contributed by atoms with Gasteiger partial charge in [0, 0.05) is 60.0 Å². The number of carbonyl (C=O) groups is 2. The maximum Gasteiger partial charge on any atom is 0.242 e. The largest absolute Gasteiger partial charge is 0.497 e. The summed E-state index contributed by atoms with van der Waals surface area (Å²) in [4.78, 5) is 36.9. The molecule has 2 aromatic carbocycles. The summed E-state index contributed by atoms with van der Waals surface area (Å²) in [5, 5.41) is 7.00. The zero-order valence-electron chi connectivity index (χ0n) is 29.9. The summed E-state index contributed by atoms with van der Waals surface area (Å²) in [5.41, 5.74) is 6.45. The number of aromatic nitrogens is 2. The molecule has 3 aliphatic heterocycles. The van der Waals surface area contributed by atoms with Crippen LogP contribution in [0.5, 0.6) is 11.5 Å². The van der Waals surface area contributed by atoms with Crippen molar-refractivity contribution in [3.63, 3.8) is 0 Å². The minimum absolute atomic E-state index is 0.0860. The predicted octanol–water partition coefficient (Wildman–Crippen LogP) is 8.37. The topological polar surface area (TPSA) is 97.1 Å². The van der Waals surface area contributed by atoms with Gasteiger partial charge in [0.2, 0.25) is 11.8 Å². The average Bonchev–Trinajstić information content (AvgIpc) is 3.63. The summed E-state index contributed by atoms with van der Waals surface area (Å²) < 4.78 is 13.1. The Bertz CT molecular complexity index is 1940. The van der Waals surface area contributed by atoms with Crippen LogP contribution in [0, 0.1) is 5.41 Å². The van der Waals surface area contributed by atoms with Crippen LogP contribution in [-0.4, -0.2) is 47.8 Å². The van der Waals surface area contributed by atoms with Crippen LogP contribution in [0.25, 0.3) is 22.3 Å². The number of β-lactam (4-membered cyclic amide) rings is 1. The Morgan fingerprint density at radius 3 is 1.80 bits per heavy atom. The molecule has 4 heterocycles. The first kappa shape index (κ1) is 34.7. The highest BCUT2D eigenvalue weighted by Crippen LogP contribution is 2.61. The predicted molar refractivity (Wildman–Crippen MR) is 197 cm³/mol. The highest BCUT2D eigenvalue weighted by atomic mass is 16.5. The second-order valence-electron chi connectivity index (χ2n) is 12.8. The SMILES string of the molecule is CCC1(CC)C(=O)N(c2ccc(OC)cc2)c2c(-c3ccncc3)c3cn([C@H]4N(c5ccc(OC)cc5)C(=O)C4(CC)CC)ccc-3c21.CO. The molecule has 0 unspecified atom stereocenters. The molecule has 260 valence electrons. The number of rotatable bonds is 10. The van der Waals surface area contributed by atoms with Crippen molar-refractivity contribution in [2.75, 3.05) is 31.1 Å². The monoisotopic (exact) mass is 674 g/mol. The number of hydrogen-bond acceptors (Lipinski definition) is 6. The van der Waals surface area contributed by atoms with Crippen molar-refractivity contribution in [3.8, 4) is 33.8 Å². The van der Waals surface area contributed by atoms with Crippen LogP contribution < -0.4 is 19.3 Å². The fourth-order valence-corrected chi connectivity index (χ4v) is 8.27. The fourth-order valence-electron chi connectivity index (χ4n) is 8.27. The van der Waals surface area contributed by atoms with Crippen molar-refractivity contribution in [2.45, 2.75) is 65.0 Å². The maximum atomic E-state index is 14.7. The van der Waals surface area contributed by atoms with E-state index < -0.39 is 10.8 Å². The van der Waals surface area contributed by atoms with Crippen molar-refractivity contribution in [1.82, 2.24) is 9.55 Å². The molecular formula is C41H46N4O5. The van der Waals surface area contributed by atoms with E-state index in [1.54, 1.807) is 26.6 Å². The third kappa shape index (κ3) is 4.89. The standard InChI is InChI=1S/C40H42N4O4.CH4O/c1-7-39(8-2)34-31-21-24-42(36-40(9-3,10-4)38(46)44(36)28-13-17-30(48-6)18-14-28)25-32(31)33(26-19-22-41-23-20-26)35(34)43(37(39)45)27-11-15-29(47-5)16-12-27;1-2/h11-25,36H,7-10H2,1-6H3;2H,1H3/t36-;/m0./s1. The number of hydrogen-bond donors (Lipinski definition) is 1. The molecule has 3 aromatic rings. The molecule has 0 bridgehead atoms. The summed E-state index contributed by atoms with van der Waals surface area (Å²) in [7, 11) is 4.29. The first-order valence-corrected chi connectivity index (χ1v) is 17.3. The summed E-state index contributed by atoms with van der Waals surface area (Å²) in [6, 6.07) is 21.6. The average molecular weight is 675 g/mol. The lowest BCUT2D eigenvalue weighted by Gasteiger charge is -2.56. The number of nitrogens with zero attached hydrogens (tertiary/aromatic N) is 4. The molecule has 1 atom stereocenters. The van der Waals surface area contributed by atoms with Crippen molar-refractivity contribution in [3.05, 3.63) is 97.1 Å². The lowest BCUT2D eigenvalue weighted by atomic mass is 9.69. The Kier molecular flexibility index (Phi) is 9.46. The molecule has 0 radical (unpaired) electrons. The number of aliphatic hydroxyl groups excluding tert-OH is 1. The van der Waals surface area contributed by atoms with Crippen molar-refractivity contribution in [2.24, 2.45) is 5.41 Å². The molecule has 7 rings (SSSR count). The molecule has 1 N–H and O–H groups in total. The number of carbonyl (C=O) groups excluding carboxylic acids is 2. The maximum absolute atomic E-state index is 14.7. The van der Waals surface area contributed by atoms with Crippen LogP contribution in [0.3, 0.4) is 0 Å². The van der Waals surface area contributed by atoms with E-state index in [0.29, 0.717) is 25.7 Å². The summed E-state index contributed by atoms with van der Waals surface area (Å²) in [6.45, 7) is 8.43. The van der Waals surface area contributed by atoms with Gasteiger partial charge in [-0.15, -0.1) is 0 Å². The van der Waals surface area contributed by atoms with Crippen molar-refractivity contribution < 1.29 is 24.2 Å². The smallest absolute Gasteiger partial charge is 0.242 e. The summed E-state index contributed by atoms with van der Waals surface area (Å²) in [6.07, 6.45) is 10.4. The van der Waals surface area contributed by atoms with Gasteiger partial charge in [0.15, 0.2) is 0 Å². The van der Waals surface area contributed by atoms with Gasteiger partial charge >= 0.3 is 0 Å². The van der Waals surface area contributed by atoms with Gasteiger partial charge in [0.05, 0.1) is 30.7 Å². The molecule has 50 heavy (non-hydrogen) atoms. The third-order valence-electron chi connectivity index (χ3n) is 11.1. The quantitative estimate of drug-likeness (QED) is 0.150. The minimum Gasteiger partial charge on any atom is -0.497 e. The normalized spacial score (nSPS) is 17.2. The van der Waals surface area contributed by atoms with Crippen molar-refractivity contribution in [1.29, 1.82) is 0 Å². The second-order valence-corrected chi connectivity index (χ2v) is 12.8. The van der Waals surface area contributed by atoms with Gasteiger partial charge in [-0.3, -0.25) is 24.4 Å². The van der Waals surface area contributed by atoms with E-state index in [1.165, 1.54) is 0 Å². The number of aliphatic hydroxyl groups is 1. The molecule has 0 saturated carbocycles. The van der Waals surface area contributed by atoms with E-state index in [1.807, 2.05) is 70.5 Å². The third-order valence-corrected chi connectivity index (χ3v) is 11.1. The fraction of sp³-hybridized carbons (Fsp3) is 0.341. The zero-order valence-corrected chi connectivity index (χ0v) is 29.9. The zero-order chi connectivity index (χ0) is 35.8. The molecule has 9 nitrogen and oxygen atoms in total. The molecule has 9 heteroatoms. The van der Waals surface area contributed by atoms with E-state index >= 15 is 0 Å². The van der Waals surface area contributed by atoms with E-state index in [-0.39, 0.29) is 18.0 Å². The lowest BCUT2D eigenvalue weighted by molar-refractivity contribution is -0.144. The molecule has 0 spiro atoms. The highest BCUT2D eigenvalue weighted by Gasteiger charge is 2.60. The first-order chi connectivity index (χ1) is 24.3. The van der Waals surface area contributed by atoms with Gasteiger partial charge in [-0.2, -0.15) is 0 Å². The van der Waals surface area contributed by atoms with Gasteiger partial charge in [0.1, 0.15) is 17.7 Å². The Balaban J connectivity index is 0.00000212.